The number of nitrogens with zero attached hydrogens (tertiary/aromatic N) is 1. The molecule has 6 nitrogen and oxygen atoms in total. The van der Waals surface area contributed by atoms with Gasteiger partial charge in [0.25, 0.3) is 5.69 Å². The molecule has 0 amide bonds. The third kappa shape index (κ3) is 5.10. The van der Waals surface area contributed by atoms with Crippen LogP contribution >= 0.6 is 0 Å². The van der Waals surface area contributed by atoms with Gasteiger partial charge in [0, 0.05) is 17.7 Å². The van der Waals surface area contributed by atoms with E-state index in [9.17, 15) is 19.7 Å². The van der Waals surface area contributed by atoms with Crippen LogP contribution in [0.4, 0.5) is 5.69 Å². The Morgan fingerprint density at radius 1 is 1.12 bits per heavy atom. The highest BCUT2D eigenvalue weighted by atomic mass is 16.6. The number of carbonyl (C=O) groups is 2. The topological polar surface area (TPSA) is 86.5 Å². The quantitative estimate of drug-likeness (QED) is 0.253. The smallest absolute Gasteiger partial charge is 0.331 e. The second kappa shape index (κ2) is 8.54. The van der Waals surface area contributed by atoms with E-state index in [1.165, 1.54) is 24.3 Å². The zero-order valence-corrected chi connectivity index (χ0v) is 13.7. The van der Waals surface area contributed by atoms with Crippen molar-refractivity contribution in [3.8, 4) is 0 Å². The molecule has 2 aromatic rings. The molecule has 0 N–H and O–H groups in total. The summed E-state index contributed by atoms with van der Waals surface area (Å²) in [6.45, 7) is 1.63. The van der Waals surface area contributed by atoms with Crippen LogP contribution in [-0.2, 0) is 16.0 Å². The standard InChI is InChI=1S/C19H17NO5/c1-2-14-7-9-16(10-8-14)18(21)13-25-19(22)12-11-15-5-3-4-6-17(15)20(23)24/h3-12H,2,13H2,1H3/b12-11+. The number of ether oxygens (including phenoxy) is 1. The molecule has 0 aliphatic carbocycles. The number of nitro groups is 1. The van der Waals surface area contributed by atoms with Gasteiger partial charge in [0.15, 0.2) is 12.4 Å². The Morgan fingerprint density at radius 3 is 2.44 bits per heavy atom. The Balaban J connectivity index is 1.94. The van der Waals surface area contributed by atoms with Gasteiger partial charge in [-0.3, -0.25) is 14.9 Å². The molecule has 6 heteroatoms. The van der Waals surface area contributed by atoms with E-state index >= 15 is 0 Å². The van der Waals surface area contributed by atoms with Crippen LogP contribution in [0, 0.1) is 10.1 Å². The molecule has 2 aromatic carbocycles. The van der Waals surface area contributed by atoms with Crippen LogP contribution in [0.2, 0.25) is 0 Å². The summed E-state index contributed by atoms with van der Waals surface area (Å²) in [6, 6.07) is 13.1. The molecule has 2 rings (SSSR count). The number of carbonyl (C=O) groups excluding carboxylic acids is 2. The lowest BCUT2D eigenvalue weighted by Gasteiger charge is -2.03. The average molecular weight is 339 g/mol. The van der Waals surface area contributed by atoms with Crippen LogP contribution in [0.25, 0.3) is 6.08 Å². The molecule has 0 saturated carbocycles. The molecule has 0 aromatic heterocycles. The summed E-state index contributed by atoms with van der Waals surface area (Å²) in [5, 5.41) is 10.9. The van der Waals surface area contributed by atoms with Gasteiger partial charge in [0.2, 0.25) is 0 Å². The molecule has 0 radical (unpaired) electrons. The van der Waals surface area contributed by atoms with Gasteiger partial charge in [-0.15, -0.1) is 0 Å². The Labute approximate surface area is 144 Å². The van der Waals surface area contributed by atoms with Crippen LogP contribution < -0.4 is 0 Å². The van der Waals surface area contributed by atoms with E-state index in [0.717, 1.165) is 18.1 Å². The zero-order valence-electron chi connectivity index (χ0n) is 13.7. The van der Waals surface area contributed by atoms with E-state index in [4.69, 9.17) is 4.74 Å². The van der Waals surface area contributed by atoms with Gasteiger partial charge in [-0.05, 0) is 24.1 Å². The minimum atomic E-state index is -0.739. The predicted octanol–water partition coefficient (Wildman–Crippen LogP) is 3.60. The maximum Gasteiger partial charge on any atom is 0.331 e. The fraction of sp³-hybridized carbons (Fsp3) is 0.158. The zero-order chi connectivity index (χ0) is 18.2. The number of aryl methyl sites for hydroxylation is 1. The highest BCUT2D eigenvalue weighted by molar-refractivity contribution is 5.99. The van der Waals surface area contributed by atoms with E-state index in [2.05, 4.69) is 0 Å². The minimum Gasteiger partial charge on any atom is -0.454 e. The first kappa shape index (κ1) is 18.1. The van der Waals surface area contributed by atoms with E-state index in [1.807, 2.05) is 19.1 Å². The van der Waals surface area contributed by atoms with Crippen molar-refractivity contribution in [2.45, 2.75) is 13.3 Å². The summed E-state index contributed by atoms with van der Waals surface area (Å²) in [6.07, 6.45) is 3.23. The fourth-order valence-electron chi connectivity index (χ4n) is 2.15. The van der Waals surface area contributed by atoms with Crippen molar-refractivity contribution in [3.63, 3.8) is 0 Å². The third-order valence-corrected chi connectivity index (χ3v) is 3.56. The summed E-state index contributed by atoms with van der Waals surface area (Å²) < 4.78 is 4.89. The first-order chi connectivity index (χ1) is 12.0. The second-order valence-corrected chi connectivity index (χ2v) is 5.23. The molecule has 0 atom stereocenters. The molecule has 0 bridgehead atoms. The molecular weight excluding hydrogens is 322 g/mol. The van der Waals surface area contributed by atoms with Crippen molar-refractivity contribution in [3.05, 3.63) is 81.4 Å². The molecule has 128 valence electrons. The molecule has 0 saturated heterocycles. The number of nitro benzene ring substituents is 1. The maximum atomic E-state index is 12.0. The highest BCUT2D eigenvalue weighted by Gasteiger charge is 2.11. The molecule has 0 spiro atoms. The number of benzene rings is 2. The maximum absolute atomic E-state index is 12.0. The predicted molar refractivity (Wildman–Crippen MR) is 93.2 cm³/mol. The SMILES string of the molecule is CCc1ccc(C(=O)COC(=O)/C=C/c2ccccc2[N+](=O)[O-])cc1. The van der Waals surface area contributed by atoms with Gasteiger partial charge in [0.05, 0.1) is 10.5 Å². The summed E-state index contributed by atoms with van der Waals surface area (Å²) in [4.78, 5) is 34.0. The molecular formula is C19H17NO5. The van der Waals surface area contributed by atoms with Gasteiger partial charge in [0.1, 0.15) is 0 Å². The molecule has 0 heterocycles. The minimum absolute atomic E-state index is 0.112. The van der Waals surface area contributed by atoms with E-state index < -0.39 is 10.9 Å². The monoisotopic (exact) mass is 339 g/mol. The normalized spacial score (nSPS) is 10.6. The van der Waals surface area contributed by atoms with Crippen LogP contribution in [0.5, 0.6) is 0 Å². The van der Waals surface area contributed by atoms with Gasteiger partial charge in [-0.25, -0.2) is 4.79 Å². The third-order valence-electron chi connectivity index (χ3n) is 3.56. The van der Waals surface area contributed by atoms with Crippen molar-refractivity contribution in [2.24, 2.45) is 0 Å². The highest BCUT2D eigenvalue weighted by Crippen LogP contribution is 2.18. The lowest BCUT2D eigenvalue weighted by Crippen LogP contribution is -2.12. The largest absolute Gasteiger partial charge is 0.454 e. The van der Waals surface area contributed by atoms with Crippen molar-refractivity contribution < 1.29 is 19.2 Å². The van der Waals surface area contributed by atoms with Crippen LogP contribution in [0.3, 0.4) is 0 Å². The summed E-state index contributed by atoms with van der Waals surface area (Å²) in [5.74, 6) is -1.05. The Morgan fingerprint density at radius 2 is 1.80 bits per heavy atom. The number of rotatable bonds is 7. The van der Waals surface area contributed by atoms with E-state index in [1.54, 1.807) is 18.2 Å². The first-order valence-corrected chi connectivity index (χ1v) is 7.71. The van der Waals surface area contributed by atoms with Crippen LogP contribution in [0.1, 0.15) is 28.4 Å². The van der Waals surface area contributed by atoms with Gasteiger partial charge < -0.3 is 4.74 Å². The van der Waals surface area contributed by atoms with Crippen molar-refractivity contribution in [1.82, 2.24) is 0 Å². The summed E-state index contributed by atoms with van der Waals surface area (Å²) in [7, 11) is 0. The van der Waals surface area contributed by atoms with Crippen LogP contribution in [-0.4, -0.2) is 23.3 Å². The van der Waals surface area contributed by atoms with Gasteiger partial charge >= 0.3 is 5.97 Å². The number of hydrogen-bond donors (Lipinski definition) is 0. The Hall–Kier alpha value is -3.28. The number of para-hydroxylation sites is 1. The molecule has 0 unspecified atom stereocenters. The van der Waals surface area contributed by atoms with Gasteiger partial charge in [-0.2, -0.15) is 0 Å². The fourth-order valence-corrected chi connectivity index (χ4v) is 2.15. The van der Waals surface area contributed by atoms with Gasteiger partial charge in [-0.1, -0.05) is 43.3 Å². The Bertz CT molecular complexity index is 809. The van der Waals surface area contributed by atoms with E-state index in [-0.39, 0.29) is 23.6 Å². The van der Waals surface area contributed by atoms with Crippen molar-refractivity contribution in [2.75, 3.05) is 6.61 Å². The average Bonchev–Trinajstić information content (AvgIpc) is 2.64. The van der Waals surface area contributed by atoms with Crippen molar-refractivity contribution >= 4 is 23.5 Å². The van der Waals surface area contributed by atoms with Crippen LogP contribution in [0.15, 0.2) is 54.6 Å². The number of esters is 1. The lowest BCUT2D eigenvalue weighted by atomic mass is 10.1. The molecule has 0 fully saturated rings. The first-order valence-electron chi connectivity index (χ1n) is 7.71. The molecule has 0 aliphatic heterocycles. The summed E-state index contributed by atoms with van der Waals surface area (Å²) >= 11 is 0. The molecule has 0 aliphatic rings. The van der Waals surface area contributed by atoms with Crippen molar-refractivity contribution in [1.29, 1.82) is 0 Å². The Kier molecular flexibility index (Phi) is 6.17. The number of hydrogen-bond acceptors (Lipinski definition) is 5. The lowest BCUT2D eigenvalue weighted by molar-refractivity contribution is -0.385. The molecule has 25 heavy (non-hydrogen) atoms. The number of Topliss-reactive ketones (excluding diaryl/α,β-unsaturated/α-hetero) is 1. The number of ketones is 1. The summed E-state index contributed by atoms with van der Waals surface area (Å²) in [5.41, 5.74) is 1.75. The van der Waals surface area contributed by atoms with E-state index in [0.29, 0.717) is 5.56 Å². The second-order valence-electron chi connectivity index (χ2n) is 5.23.